The average molecular weight is 561 g/mol. The predicted octanol–water partition coefficient (Wildman–Crippen LogP) is 6.72. The lowest BCUT2D eigenvalue weighted by atomic mass is 9.76. The van der Waals surface area contributed by atoms with E-state index in [1.165, 1.54) is 37.8 Å². The van der Waals surface area contributed by atoms with Gasteiger partial charge in [0.2, 0.25) is 11.8 Å². The molecule has 1 aromatic carbocycles. The molecule has 212 valence electrons. The Hall–Kier alpha value is -2.78. The summed E-state index contributed by atoms with van der Waals surface area (Å²) in [5.74, 6) is 2.06. The van der Waals surface area contributed by atoms with Crippen molar-refractivity contribution in [3.8, 4) is 22.9 Å². The number of hydrogen-bond acceptors (Lipinski definition) is 9. The molecule has 2 saturated heterocycles. The molecule has 40 heavy (non-hydrogen) atoms. The Morgan fingerprint density at radius 2 is 1.80 bits per heavy atom. The van der Waals surface area contributed by atoms with Crippen LogP contribution in [0.5, 0.6) is 0 Å². The monoisotopic (exact) mass is 560 g/mol. The zero-order valence-corrected chi connectivity index (χ0v) is 24.5. The summed E-state index contributed by atoms with van der Waals surface area (Å²) in [4.78, 5) is 9.75. The van der Waals surface area contributed by atoms with Crippen LogP contribution in [-0.2, 0) is 4.74 Å². The van der Waals surface area contributed by atoms with Gasteiger partial charge >= 0.3 is 0 Å². The lowest BCUT2D eigenvalue weighted by Crippen LogP contribution is -2.40. The summed E-state index contributed by atoms with van der Waals surface area (Å²) in [6.07, 6.45) is 9.75. The summed E-state index contributed by atoms with van der Waals surface area (Å²) in [6, 6.07) is 10.7. The molecule has 9 heteroatoms. The zero-order valence-electron chi connectivity index (χ0n) is 23.7. The first-order chi connectivity index (χ1) is 19.5. The first-order valence-electron chi connectivity index (χ1n) is 15.0. The third-order valence-electron chi connectivity index (χ3n) is 9.00. The topological polar surface area (TPSA) is 79.5 Å². The van der Waals surface area contributed by atoms with E-state index >= 15 is 0 Å². The van der Waals surface area contributed by atoms with Crippen LogP contribution in [0.1, 0.15) is 64.0 Å². The highest BCUT2D eigenvalue weighted by atomic mass is 32.2. The fraction of sp³-hybridized carbons (Fsp3) is 0.581. The van der Waals surface area contributed by atoms with Crippen LogP contribution in [0.2, 0.25) is 0 Å². The highest BCUT2D eigenvalue weighted by Crippen LogP contribution is 2.42. The van der Waals surface area contributed by atoms with E-state index in [0.29, 0.717) is 17.2 Å². The van der Waals surface area contributed by atoms with E-state index in [4.69, 9.17) is 14.1 Å². The second-order valence-corrected chi connectivity index (χ2v) is 13.5. The summed E-state index contributed by atoms with van der Waals surface area (Å²) in [5.41, 5.74) is 5.51. The maximum atomic E-state index is 6.43. The zero-order chi connectivity index (χ0) is 27.1. The van der Waals surface area contributed by atoms with Gasteiger partial charge < -0.3 is 23.7 Å². The summed E-state index contributed by atoms with van der Waals surface area (Å²) in [5, 5.41) is 9.82. The lowest BCUT2D eigenvalue weighted by Gasteiger charge is -2.41. The van der Waals surface area contributed by atoms with E-state index in [9.17, 15) is 0 Å². The van der Waals surface area contributed by atoms with Crippen molar-refractivity contribution in [3.05, 3.63) is 36.0 Å². The second-order valence-electron chi connectivity index (χ2n) is 12.4. The van der Waals surface area contributed by atoms with Gasteiger partial charge in [-0.15, -0.1) is 10.2 Å². The first-order valence-corrected chi connectivity index (χ1v) is 15.9. The third kappa shape index (κ3) is 5.68. The van der Waals surface area contributed by atoms with Crippen LogP contribution in [0.25, 0.3) is 22.9 Å². The number of pyridine rings is 1. The van der Waals surface area contributed by atoms with Gasteiger partial charge in [-0.3, -0.25) is 0 Å². The molecule has 2 aromatic heterocycles. The standard InChI is InChI=1S/C31H40N6O2S/c1-21-17-22-18-28(32-21)37-13-3-5-24(20-37)38-16-4-10-31(2)11-14-36(15-12-31)27-19-23(35-40-25-7-8-25)6-9-26(27)30-34-33-29(22)39-30/h6,9,17-19,24-25,35H,3-5,7-8,10-16,20H2,1-2H3. The minimum absolute atomic E-state index is 0.252. The number of rotatable bonds is 3. The SMILES string of the molecule is Cc1cc2cc(n1)N1CCCC(C1)OCCCC1(C)CCN(CC1)c1cc(NSC3CC3)ccc1-c1nnc-2o1. The van der Waals surface area contributed by atoms with Crippen molar-refractivity contribution in [1.82, 2.24) is 15.2 Å². The summed E-state index contributed by atoms with van der Waals surface area (Å²) in [6.45, 7) is 9.24. The first kappa shape index (κ1) is 26.1. The quantitative estimate of drug-likeness (QED) is 0.351. The van der Waals surface area contributed by atoms with Gasteiger partial charge in [-0.05, 0) is 106 Å². The van der Waals surface area contributed by atoms with Crippen LogP contribution in [0.4, 0.5) is 17.2 Å². The van der Waals surface area contributed by atoms with Gasteiger partial charge in [0.1, 0.15) is 5.82 Å². The number of benzene rings is 1. The maximum absolute atomic E-state index is 6.43. The minimum Gasteiger partial charge on any atom is -0.416 e. The second kappa shape index (κ2) is 10.9. The molecule has 5 aliphatic rings. The fourth-order valence-electron chi connectivity index (χ4n) is 6.33. The number of piperidine rings is 2. The molecule has 1 atom stereocenters. The molecule has 1 saturated carbocycles. The van der Waals surface area contributed by atoms with E-state index in [-0.39, 0.29) is 6.10 Å². The molecule has 4 aliphatic heterocycles. The van der Waals surface area contributed by atoms with Gasteiger partial charge in [-0.2, -0.15) is 0 Å². The van der Waals surface area contributed by atoms with Crippen LogP contribution in [0.15, 0.2) is 34.7 Å². The molecule has 6 heterocycles. The molecule has 8 rings (SSSR count). The average Bonchev–Trinajstić information content (AvgIpc) is 3.67. The molecule has 0 amide bonds. The van der Waals surface area contributed by atoms with Crippen LogP contribution >= 0.6 is 11.9 Å². The van der Waals surface area contributed by atoms with Crippen LogP contribution in [-0.4, -0.2) is 59.3 Å². The molecular formula is C31H40N6O2S. The van der Waals surface area contributed by atoms with E-state index in [0.717, 1.165) is 85.6 Å². The number of hydrogen-bond donors (Lipinski definition) is 1. The highest BCUT2D eigenvalue weighted by Gasteiger charge is 2.32. The van der Waals surface area contributed by atoms with Gasteiger partial charge in [0.05, 0.1) is 17.4 Å². The number of anilines is 3. The van der Waals surface area contributed by atoms with Crippen molar-refractivity contribution in [1.29, 1.82) is 0 Å². The van der Waals surface area contributed by atoms with Gasteiger partial charge in [0.15, 0.2) is 0 Å². The number of fused-ring (bicyclic) bond motifs is 5. The third-order valence-corrected chi connectivity index (χ3v) is 10.2. The fourth-order valence-corrected chi connectivity index (χ4v) is 7.13. The van der Waals surface area contributed by atoms with Crippen LogP contribution in [0, 0.1) is 12.3 Å². The van der Waals surface area contributed by atoms with Gasteiger partial charge in [-0.1, -0.05) is 6.92 Å². The van der Waals surface area contributed by atoms with Crippen molar-refractivity contribution in [3.63, 3.8) is 0 Å². The van der Waals surface area contributed by atoms with Gasteiger partial charge in [0.25, 0.3) is 0 Å². The maximum Gasteiger partial charge on any atom is 0.250 e. The van der Waals surface area contributed by atoms with Crippen LogP contribution < -0.4 is 14.5 Å². The molecule has 1 N–H and O–H groups in total. The molecule has 1 aliphatic carbocycles. The number of nitrogens with zero attached hydrogens (tertiary/aromatic N) is 5. The van der Waals surface area contributed by atoms with Crippen molar-refractivity contribution in [2.45, 2.75) is 76.6 Å². The van der Waals surface area contributed by atoms with E-state index in [1.807, 2.05) is 24.9 Å². The molecule has 0 radical (unpaired) electrons. The molecule has 3 aromatic rings. The Kier molecular flexibility index (Phi) is 7.12. The summed E-state index contributed by atoms with van der Waals surface area (Å²) in [7, 11) is 0. The van der Waals surface area contributed by atoms with E-state index in [1.54, 1.807) is 0 Å². The van der Waals surface area contributed by atoms with Gasteiger partial charge in [0, 0.05) is 55.0 Å². The Morgan fingerprint density at radius 1 is 0.950 bits per heavy atom. The van der Waals surface area contributed by atoms with E-state index < -0.39 is 0 Å². The number of aromatic nitrogens is 3. The number of nitrogens with one attached hydrogen (secondary N) is 1. The van der Waals surface area contributed by atoms with E-state index in [2.05, 4.69) is 55.9 Å². The Bertz CT molecular complexity index is 1350. The summed E-state index contributed by atoms with van der Waals surface area (Å²) >= 11 is 1.84. The number of ether oxygens (including phenoxy) is 1. The molecule has 1 unspecified atom stereocenters. The Balaban J connectivity index is 1.26. The largest absolute Gasteiger partial charge is 0.416 e. The molecule has 3 fully saturated rings. The van der Waals surface area contributed by atoms with Crippen molar-refractivity contribution in [2.24, 2.45) is 5.41 Å². The lowest BCUT2D eigenvalue weighted by molar-refractivity contribution is 0.0350. The predicted molar refractivity (Wildman–Crippen MR) is 162 cm³/mol. The Morgan fingerprint density at radius 3 is 2.65 bits per heavy atom. The van der Waals surface area contributed by atoms with Crippen LogP contribution in [0.3, 0.4) is 0 Å². The van der Waals surface area contributed by atoms with Crippen molar-refractivity contribution >= 4 is 29.1 Å². The highest BCUT2D eigenvalue weighted by molar-refractivity contribution is 8.01. The molecule has 0 spiro atoms. The Labute approximate surface area is 241 Å². The molecule has 8 nitrogen and oxygen atoms in total. The summed E-state index contributed by atoms with van der Waals surface area (Å²) < 4.78 is 16.4. The smallest absolute Gasteiger partial charge is 0.250 e. The van der Waals surface area contributed by atoms with Crippen molar-refractivity contribution < 1.29 is 9.15 Å². The number of aryl methyl sites for hydroxylation is 1. The molecular weight excluding hydrogens is 520 g/mol. The minimum atomic E-state index is 0.252. The van der Waals surface area contributed by atoms with Crippen molar-refractivity contribution in [2.75, 3.05) is 47.3 Å². The normalized spacial score (nSPS) is 25.1. The van der Waals surface area contributed by atoms with Gasteiger partial charge in [-0.25, -0.2) is 4.98 Å². The molecule has 8 bridgehead atoms.